The van der Waals surface area contributed by atoms with E-state index in [0.717, 1.165) is 34.6 Å². The molecule has 3 heterocycles. The summed E-state index contributed by atoms with van der Waals surface area (Å²) in [5.74, 6) is 1.44. The first-order valence-corrected chi connectivity index (χ1v) is 13.4. The van der Waals surface area contributed by atoms with Gasteiger partial charge >= 0.3 is 6.18 Å². The van der Waals surface area contributed by atoms with Gasteiger partial charge < -0.3 is 26.0 Å². The van der Waals surface area contributed by atoms with Crippen molar-refractivity contribution in [1.82, 2.24) is 24.8 Å². The third kappa shape index (κ3) is 6.02. The summed E-state index contributed by atoms with van der Waals surface area (Å²) in [6.07, 6.45) is -5.24. The summed E-state index contributed by atoms with van der Waals surface area (Å²) >= 11 is 1.58. The van der Waals surface area contributed by atoms with Crippen LogP contribution in [0.1, 0.15) is 17.4 Å². The van der Waals surface area contributed by atoms with E-state index in [1.165, 1.54) is 24.8 Å². The summed E-state index contributed by atoms with van der Waals surface area (Å²) in [7, 11) is 0. The molecule has 39 heavy (non-hydrogen) atoms. The van der Waals surface area contributed by atoms with E-state index in [2.05, 4.69) is 20.3 Å². The number of nitrogens with zero attached hydrogens (tertiary/aromatic N) is 4. The lowest BCUT2D eigenvalue weighted by Gasteiger charge is -2.16. The molecule has 13 heteroatoms. The number of aliphatic hydroxyl groups is 2. The van der Waals surface area contributed by atoms with Gasteiger partial charge in [0, 0.05) is 24.6 Å². The van der Waals surface area contributed by atoms with Crippen LogP contribution in [0.15, 0.2) is 61.2 Å². The molecular formula is C26H27F3N6O3S. The number of hydrogen-bond donors (Lipinski definition) is 4. The molecule has 0 radical (unpaired) electrons. The van der Waals surface area contributed by atoms with Gasteiger partial charge in [-0.3, -0.25) is 4.57 Å². The number of imidazole rings is 1. The number of halogens is 3. The van der Waals surface area contributed by atoms with Crippen LogP contribution in [0.2, 0.25) is 0 Å². The Morgan fingerprint density at radius 3 is 2.59 bits per heavy atom. The number of nitrogen functional groups attached to an aromatic ring is 1. The number of anilines is 1. The number of aliphatic hydroxyl groups excluding tert-OH is 2. The molecule has 4 aromatic rings. The lowest BCUT2D eigenvalue weighted by molar-refractivity contribution is -0.137. The average molecular weight is 561 g/mol. The van der Waals surface area contributed by atoms with Gasteiger partial charge in [-0.1, -0.05) is 30.3 Å². The molecule has 2 aromatic carbocycles. The number of ether oxygens (including phenoxy) is 1. The molecule has 0 spiro atoms. The molecule has 0 aliphatic carbocycles. The van der Waals surface area contributed by atoms with Gasteiger partial charge in [-0.2, -0.15) is 24.9 Å². The van der Waals surface area contributed by atoms with Crippen molar-refractivity contribution in [3.63, 3.8) is 0 Å². The Morgan fingerprint density at radius 2 is 1.82 bits per heavy atom. The van der Waals surface area contributed by atoms with Crippen LogP contribution in [0.3, 0.4) is 0 Å². The number of alkyl halides is 3. The monoisotopic (exact) mass is 560 g/mol. The van der Waals surface area contributed by atoms with Crippen LogP contribution in [0.25, 0.3) is 22.3 Å². The second kappa shape index (κ2) is 11.5. The van der Waals surface area contributed by atoms with Gasteiger partial charge in [0.25, 0.3) is 0 Å². The second-order valence-corrected chi connectivity index (χ2v) is 10.3. The largest absolute Gasteiger partial charge is 0.416 e. The fraction of sp³-hybridized carbons (Fsp3) is 0.346. The van der Waals surface area contributed by atoms with E-state index in [1.54, 1.807) is 16.3 Å². The maximum atomic E-state index is 12.8. The SMILES string of the molecule is Nc1ncnc2c1ncn2[C@@H]1O[C@H](CSCCNCc2cccc(-c3ccc(C(F)(F)F)cc3)c2)[C@@H](O)[C@H]1O. The highest BCUT2D eigenvalue weighted by atomic mass is 32.2. The second-order valence-electron chi connectivity index (χ2n) is 9.16. The van der Waals surface area contributed by atoms with Crippen LogP contribution in [0.4, 0.5) is 19.0 Å². The van der Waals surface area contributed by atoms with Gasteiger partial charge in [0.2, 0.25) is 0 Å². The Labute approximate surface area is 226 Å². The highest BCUT2D eigenvalue weighted by Gasteiger charge is 2.44. The van der Waals surface area contributed by atoms with E-state index in [9.17, 15) is 23.4 Å². The molecule has 5 rings (SSSR count). The highest BCUT2D eigenvalue weighted by Crippen LogP contribution is 2.33. The molecule has 9 nitrogen and oxygen atoms in total. The van der Waals surface area contributed by atoms with Crippen molar-refractivity contribution < 1.29 is 28.1 Å². The zero-order chi connectivity index (χ0) is 27.6. The molecule has 1 aliphatic heterocycles. The molecule has 0 bridgehead atoms. The van der Waals surface area contributed by atoms with Crippen LogP contribution < -0.4 is 11.1 Å². The highest BCUT2D eigenvalue weighted by molar-refractivity contribution is 7.99. The zero-order valence-corrected chi connectivity index (χ0v) is 21.4. The minimum absolute atomic E-state index is 0.220. The fourth-order valence-corrected chi connectivity index (χ4v) is 5.41. The van der Waals surface area contributed by atoms with Crippen molar-refractivity contribution in [3.05, 3.63) is 72.3 Å². The summed E-state index contributed by atoms with van der Waals surface area (Å²) in [5, 5.41) is 24.5. The summed E-state index contributed by atoms with van der Waals surface area (Å²) < 4.78 is 46.0. The van der Waals surface area contributed by atoms with Gasteiger partial charge in [0.15, 0.2) is 17.7 Å². The first-order chi connectivity index (χ1) is 18.7. The number of nitrogens with two attached hydrogens (primary N) is 1. The number of rotatable bonds is 9. The summed E-state index contributed by atoms with van der Waals surface area (Å²) in [6, 6.07) is 12.8. The van der Waals surface area contributed by atoms with Gasteiger partial charge in [0.1, 0.15) is 24.1 Å². The molecule has 1 aliphatic rings. The molecule has 0 amide bonds. The van der Waals surface area contributed by atoms with Crippen LogP contribution in [0, 0.1) is 0 Å². The minimum atomic E-state index is -4.36. The third-order valence-corrected chi connectivity index (χ3v) is 7.56. The fourth-order valence-electron chi connectivity index (χ4n) is 4.44. The molecule has 0 unspecified atom stereocenters. The molecule has 1 saturated heterocycles. The van der Waals surface area contributed by atoms with E-state index in [4.69, 9.17) is 10.5 Å². The van der Waals surface area contributed by atoms with Crippen LogP contribution in [0.5, 0.6) is 0 Å². The molecule has 4 atom stereocenters. The van der Waals surface area contributed by atoms with E-state index < -0.39 is 36.3 Å². The summed E-state index contributed by atoms with van der Waals surface area (Å²) in [6.45, 7) is 1.28. The van der Waals surface area contributed by atoms with Crippen LogP contribution in [-0.4, -0.2) is 66.1 Å². The molecule has 0 saturated carbocycles. The summed E-state index contributed by atoms with van der Waals surface area (Å²) in [5.41, 5.74) is 8.55. The maximum absolute atomic E-state index is 12.8. The first-order valence-electron chi connectivity index (χ1n) is 12.2. The Bertz CT molecular complexity index is 1420. The molecule has 206 valence electrons. The van der Waals surface area contributed by atoms with E-state index in [-0.39, 0.29) is 5.82 Å². The number of benzene rings is 2. The Hall–Kier alpha value is -3.23. The van der Waals surface area contributed by atoms with Crippen molar-refractivity contribution in [2.24, 2.45) is 0 Å². The van der Waals surface area contributed by atoms with Gasteiger partial charge in [-0.15, -0.1) is 0 Å². The Morgan fingerprint density at radius 1 is 1.03 bits per heavy atom. The van der Waals surface area contributed by atoms with Crippen molar-refractivity contribution >= 4 is 28.7 Å². The molecule has 5 N–H and O–H groups in total. The lowest BCUT2D eigenvalue weighted by atomic mass is 10.0. The standard InChI is InChI=1S/C26H27F3N6O3S/c27-26(28,29)18-6-4-16(5-7-18)17-3-1-2-15(10-17)11-31-8-9-39-12-19-21(36)22(37)25(38-19)35-14-34-20-23(30)32-13-33-24(20)35/h1-7,10,13-14,19,21-22,25,31,36-37H,8-9,11-12H2,(H2,30,32,33)/t19-,21-,22-,25-/m1/s1. The van der Waals surface area contributed by atoms with Crippen molar-refractivity contribution in [3.8, 4) is 11.1 Å². The van der Waals surface area contributed by atoms with E-state index in [0.29, 0.717) is 30.0 Å². The van der Waals surface area contributed by atoms with Crippen LogP contribution >= 0.6 is 11.8 Å². The maximum Gasteiger partial charge on any atom is 0.416 e. The van der Waals surface area contributed by atoms with Gasteiger partial charge in [-0.05, 0) is 34.9 Å². The van der Waals surface area contributed by atoms with Crippen molar-refractivity contribution in [2.75, 3.05) is 23.8 Å². The van der Waals surface area contributed by atoms with Crippen molar-refractivity contribution in [1.29, 1.82) is 0 Å². The van der Waals surface area contributed by atoms with E-state index >= 15 is 0 Å². The Kier molecular flexibility index (Phi) is 8.05. The number of thioether (sulfide) groups is 1. The number of aromatic nitrogens is 4. The summed E-state index contributed by atoms with van der Waals surface area (Å²) in [4.78, 5) is 12.3. The predicted molar refractivity (Wildman–Crippen MR) is 142 cm³/mol. The normalized spacial score (nSPS) is 21.6. The molecule has 2 aromatic heterocycles. The van der Waals surface area contributed by atoms with E-state index in [1.807, 2.05) is 24.3 Å². The van der Waals surface area contributed by atoms with Gasteiger partial charge in [-0.25, -0.2) is 15.0 Å². The topological polar surface area (TPSA) is 131 Å². The lowest BCUT2D eigenvalue weighted by Crippen LogP contribution is -2.32. The number of hydrogen-bond acceptors (Lipinski definition) is 9. The Balaban J connectivity index is 1.08. The quantitative estimate of drug-likeness (QED) is 0.228. The number of nitrogens with one attached hydrogen (secondary N) is 1. The molecule has 1 fully saturated rings. The smallest absolute Gasteiger partial charge is 0.387 e. The number of fused-ring (bicyclic) bond motifs is 1. The third-order valence-electron chi connectivity index (χ3n) is 6.51. The predicted octanol–water partition coefficient (Wildman–Crippen LogP) is 3.24. The minimum Gasteiger partial charge on any atom is -0.387 e. The molecular weight excluding hydrogens is 533 g/mol. The van der Waals surface area contributed by atoms with Gasteiger partial charge in [0.05, 0.1) is 18.0 Å². The van der Waals surface area contributed by atoms with Crippen molar-refractivity contribution in [2.45, 2.75) is 37.3 Å². The average Bonchev–Trinajstić information content (AvgIpc) is 3.47. The van der Waals surface area contributed by atoms with Crippen LogP contribution in [-0.2, 0) is 17.5 Å². The first kappa shape index (κ1) is 27.3. The zero-order valence-electron chi connectivity index (χ0n) is 20.6.